The molecule has 0 heterocycles. The molecule has 0 aliphatic rings. The van der Waals surface area contributed by atoms with Crippen LogP contribution >= 0.6 is 0 Å². The Bertz CT molecular complexity index is 529. The lowest BCUT2D eigenvalue weighted by molar-refractivity contribution is -0.148. The van der Waals surface area contributed by atoms with Gasteiger partial charge in [-0.1, -0.05) is 154 Å². The van der Waals surface area contributed by atoms with Gasteiger partial charge < -0.3 is 14.4 Å². The Morgan fingerprint density at radius 2 is 0.705 bits per heavy atom. The normalized spacial score (nSPS) is 12.2. The molecule has 0 unspecified atom stereocenters. The van der Waals surface area contributed by atoms with Crippen molar-refractivity contribution < 1.29 is 9.47 Å². The number of unbranched alkanes of at least 4 members (excludes halogenated alkanes) is 24. The molecule has 0 rings (SSSR count). The molecular weight excluding hydrogens is 538 g/mol. The Morgan fingerprint density at radius 3 is 1.02 bits per heavy atom. The van der Waals surface area contributed by atoms with Crippen LogP contribution in [0, 0.1) is 0 Å². The molecule has 0 aromatic heterocycles. The molecule has 44 heavy (non-hydrogen) atoms. The average molecular weight is 620 g/mol. The second-order valence-electron chi connectivity index (χ2n) is 13.6. The fraction of sp³-hybridized carbons (Fsp3) is 0.902. The van der Waals surface area contributed by atoms with Gasteiger partial charge in [-0.3, -0.25) is 0 Å². The maximum absolute atomic E-state index is 6.18. The molecule has 0 saturated carbocycles. The summed E-state index contributed by atoms with van der Waals surface area (Å²) in [5.74, 6) is 0. The van der Waals surface area contributed by atoms with Crippen molar-refractivity contribution in [2.45, 2.75) is 206 Å². The second kappa shape index (κ2) is 38.5. The van der Waals surface area contributed by atoms with Crippen LogP contribution in [0.4, 0.5) is 0 Å². The molecule has 0 amide bonds. The van der Waals surface area contributed by atoms with Crippen molar-refractivity contribution in [3.63, 3.8) is 0 Å². The van der Waals surface area contributed by atoms with E-state index >= 15 is 0 Å². The Balaban J connectivity index is 3.61. The standard InChI is InChI=1S/C41H81NO2/c1-5-7-9-11-13-15-17-19-21-23-25-27-29-31-33-35-39-43-41(37-38-42(3)4)44-40-36-34-32-30-28-26-24-22-20-18-16-14-12-10-8-6-2/h19-22,41H,5-18,23-40H2,1-4H3/b21-19-,22-20-. The van der Waals surface area contributed by atoms with Gasteiger partial charge in [0.15, 0.2) is 6.29 Å². The molecule has 0 aliphatic carbocycles. The van der Waals surface area contributed by atoms with Gasteiger partial charge in [-0.05, 0) is 78.3 Å². The van der Waals surface area contributed by atoms with E-state index in [1.165, 1.54) is 167 Å². The summed E-state index contributed by atoms with van der Waals surface area (Å²) in [4.78, 5) is 2.23. The molecule has 262 valence electrons. The van der Waals surface area contributed by atoms with Gasteiger partial charge in [0, 0.05) is 26.2 Å². The van der Waals surface area contributed by atoms with E-state index in [-0.39, 0.29) is 6.29 Å². The van der Waals surface area contributed by atoms with Gasteiger partial charge in [0.25, 0.3) is 0 Å². The van der Waals surface area contributed by atoms with E-state index in [0.717, 1.165) is 39.0 Å². The van der Waals surface area contributed by atoms with Crippen molar-refractivity contribution in [1.29, 1.82) is 0 Å². The maximum atomic E-state index is 6.18. The van der Waals surface area contributed by atoms with Crippen molar-refractivity contribution in [3.05, 3.63) is 24.3 Å². The van der Waals surface area contributed by atoms with E-state index in [1.807, 2.05) is 0 Å². The molecule has 0 saturated heterocycles. The molecular formula is C41H81NO2. The molecule has 3 heteroatoms. The Labute approximate surface area is 278 Å². The summed E-state index contributed by atoms with van der Waals surface area (Å²) in [7, 11) is 4.27. The number of nitrogens with zero attached hydrogens (tertiary/aromatic N) is 1. The highest BCUT2D eigenvalue weighted by atomic mass is 16.7. The SMILES string of the molecule is CCCCCCCC/C=C\CCCCCCCCOC(CCN(C)C)OCCCCCCCC/C=C\CCCCCCCC. The first-order chi connectivity index (χ1) is 21.7. The first-order valence-corrected chi connectivity index (χ1v) is 19.9. The summed E-state index contributed by atoms with van der Waals surface area (Å²) in [6, 6.07) is 0. The lowest BCUT2D eigenvalue weighted by atomic mass is 10.1. The summed E-state index contributed by atoms with van der Waals surface area (Å²) in [6.07, 6.45) is 48.2. The topological polar surface area (TPSA) is 21.7 Å². The van der Waals surface area contributed by atoms with Crippen LogP contribution in [0.2, 0.25) is 0 Å². The molecule has 0 aliphatic heterocycles. The van der Waals surface area contributed by atoms with Crippen molar-refractivity contribution in [2.75, 3.05) is 33.9 Å². The van der Waals surface area contributed by atoms with Crippen LogP contribution in [0.5, 0.6) is 0 Å². The summed E-state index contributed by atoms with van der Waals surface area (Å²) in [5.41, 5.74) is 0. The number of rotatable bonds is 37. The molecule has 0 spiro atoms. The highest BCUT2D eigenvalue weighted by molar-refractivity contribution is 4.82. The third kappa shape index (κ3) is 37.5. The summed E-state index contributed by atoms with van der Waals surface area (Å²) in [5, 5.41) is 0. The van der Waals surface area contributed by atoms with Crippen LogP contribution in [-0.4, -0.2) is 45.0 Å². The first kappa shape index (κ1) is 43.4. The first-order valence-electron chi connectivity index (χ1n) is 19.9. The van der Waals surface area contributed by atoms with Gasteiger partial charge in [-0.25, -0.2) is 0 Å². The van der Waals surface area contributed by atoms with Crippen LogP contribution in [0.15, 0.2) is 24.3 Å². The van der Waals surface area contributed by atoms with Crippen LogP contribution in [0.3, 0.4) is 0 Å². The highest BCUT2D eigenvalue weighted by Gasteiger charge is 2.10. The minimum absolute atomic E-state index is 0.0383. The Morgan fingerprint density at radius 1 is 0.409 bits per heavy atom. The highest BCUT2D eigenvalue weighted by Crippen LogP contribution is 2.13. The van der Waals surface area contributed by atoms with E-state index in [0.29, 0.717) is 0 Å². The molecule has 0 radical (unpaired) electrons. The third-order valence-corrected chi connectivity index (χ3v) is 8.73. The van der Waals surface area contributed by atoms with E-state index in [1.54, 1.807) is 0 Å². The second-order valence-corrected chi connectivity index (χ2v) is 13.6. The lowest BCUT2D eigenvalue weighted by Crippen LogP contribution is -2.25. The van der Waals surface area contributed by atoms with Crippen LogP contribution in [0.25, 0.3) is 0 Å². The summed E-state index contributed by atoms with van der Waals surface area (Å²) >= 11 is 0. The lowest BCUT2D eigenvalue weighted by Gasteiger charge is -2.20. The largest absolute Gasteiger partial charge is 0.353 e. The molecule has 0 fully saturated rings. The van der Waals surface area contributed by atoms with Gasteiger partial charge in [-0.15, -0.1) is 0 Å². The van der Waals surface area contributed by atoms with Crippen LogP contribution in [0.1, 0.15) is 200 Å². The average Bonchev–Trinajstić information content (AvgIpc) is 3.02. The van der Waals surface area contributed by atoms with E-state index in [9.17, 15) is 0 Å². The van der Waals surface area contributed by atoms with E-state index in [2.05, 4.69) is 57.1 Å². The van der Waals surface area contributed by atoms with Gasteiger partial charge in [0.1, 0.15) is 0 Å². The zero-order valence-corrected chi connectivity index (χ0v) is 30.8. The molecule has 0 aromatic rings. The number of hydrogen-bond acceptors (Lipinski definition) is 3. The summed E-state index contributed by atoms with van der Waals surface area (Å²) < 4.78 is 12.4. The Kier molecular flexibility index (Phi) is 38.0. The van der Waals surface area contributed by atoms with Crippen LogP contribution < -0.4 is 0 Å². The number of allylic oxidation sites excluding steroid dienone is 4. The maximum Gasteiger partial charge on any atom is 0.158 e. The van der Waals surface area contributed by atoms with Gasteiger partial charge in [-0.2, -0.15) is 0 Å². The zero-order valence-electron chi connectivity index (χ0n) is 30.8. The van der Waals surface area contributed by atoms with Crippen molar-refractivity contribution in [2.24, 2.45) is 0 Å². The van der Waals surface area contributed by atoms with E-state index < -0.39 is 0 Å². The minimum Gasteiger partial charge on any atom is -0.353 e. The third-order valence-electron chi connectivity index (χ3n) is 8.73. The fourth-order valence-electron chi connectivity index (χ4n) is 5.71. The van der Waals surface area contributed by atoms with Gasteiger partial charge in [0.2, 0.25) is 0 Å². The number of ether oxygens (including phenoxy) is 2. The molecule has 3 nitrogen and oxygen atoms in total. The van der Waals surface area contributed by atoms with Crippen molar-refractivity contribution in [1.82, 2.24) is 4.90 Å². The van der Waals surface area contributed by atoms with Crippen molar-refractivity contribution in [3.8, 4) is 0 Å². The molecule has 0 atom stereocenters. The summed E-state index contributed by atoms with van der Waals surface area (Å²) in [6.45, 7) is 7.28. The smallest absolute Gasteiger partial charge is 0.158 e. The molecule has 0 aromatic carbocycles. The van der Waals surface area contributed by atoms with Crippen LogP contribution in [-0.2, 0) is 9.47 Å². The number of hydrogen-bond donors (Lipinski definition) is 0. The van der Waals surface area contributed by atoms with Gasteiger partial charge >= 0.3 is 0 Å². The van der Waals surface area contributed by atoms with E-state index in [4.69, 9.17) is 9.47 Å². The monoisotopic (exact) mass is 620 g/mol. The molecule has 0 bridgehead atoms. The van der Waals surface area contributed by atoms with Crippen molar-refractivity contribution >= 4 is 0 Å². The Hall–Kier alpha value is -0.640. The predicted molar refractivity (Wildman–Crippen MR) is 198 cm³/mol. The van der Waals surface area contributed by atoms with Gasteiger partial charge in [0.05, 0.1) is 0 Å². The predicted octanol–water partition coefficient (Wildman–Crippen LogP) is 13.4. The fourth-order valence-corrected chi connectivity index (χ4v) is 5.71. The molecule has 0 N–H and O–H groups in total. The zero-order chi connectivity index (χ0) is 32.0. The quantitative estimate of drug-likeness (QED) is 0.0392. The minimum atomic E-state index is -0.0383.